The van der Waals surface area contributed by atoms with Gasteiger partial charge in [-0.05, 0) is 32.9 Å². The lowest BCUT2D eigenvalue weighted by atomic mass is 10.0. The van der Waals surface area contributed by atoms with Crippen molar-refractivity contribution in [2.75, 3.05) is 13.7 Å². The molecule has 0 saturated carbocycles. The minimum absolute atomic E-state index is 0.216. The van der Waals surface area contributed by atoms with E-state index in [-0.39, 0.29) is 12.0 Å². The molecule has 1 aromatic heterocycles. The third-order valence-corrected chi connectivity index (χ3v) is 4.36. The van der Waals surface area contributed by atoms with E-state index in [9.17, 15) is 9.59 Å². The third-order valence-electron chi connectivity index (χ3n) is 3.30. The van der Waals surface area contributed by atoms with Crippen LogP contribution in [0.2, 0.25) is 0 Å². The van der Waals surface area contributed by atoms with Crippen LogP contribution in [0.5, 0.6) is 0 Å². The van der Waals surface area contributed by atoms with E-state index in [4.69, 9.17) is 4.74 Å². The predicted molar refractivity (Wildman–Crippen MR) is 77.4 cm³/mol. The number of rotatable bonds is 3. The first-order chi connectivity index (χ1) is 9.45. The Bertz CT molecular complexity index is 577. The molecule has 1 aliphatic heterocycles. The Balaban J connectivity index is 2.47. The minimum atomic E-state index is -0.434. The van der Waals surface area contributed by atoms with Gasteiger partial charge in [0.05, 0.1) is 18.2 Å². The van der Waals surface area contributed by atoms with Crippen LogP contribution in [-0.2, 0) is 9.53 Å². The van der Waals surface area contributed by atoms with Crippen molar-refractivity contribution in [3.8, 4) is 0 Å². The van der Waals surface area contributed by atoms with Crippen LogP contribution in [0.15, 0.2) is 23.4 Å². The van der Waals surface area contributed by atoms with Crippen molar-refractivity contribution in [3.63, 3.8) is 0 Å². The number of carbonyl (C=O) groups is 2. The van der Waals surface area contributed by atoms with Crippen LogP contribution < -0.4 is 5.32 Å². The Morgan fingerprint density at radius 1 is 1.45 bits per heavy atom. The second kappa shape index (κ2) is 5.66. The van der Waals surface area contributed by atoms with E-state index >= 15 is 0 Å². The van der Waals surface area contributed by atoms with Gasteiger partial charge in [-0.3, -0.25) is 0 Å². The van der Waals surface area contributed by atoms with Gasteiger partial charge in [-0.25, -0.2) is 9.59 Å². The SMILES string of the molecule is CCOC(=O)C1=C(C)N(C)C(=O)N[C@@H]1c1ccc(C)s1. The number of urea groups is 1. The molecule has 0 saturated heterocycles. The van der Waals surface area contributed by atoms with Crippen LogP contribution >= 0.6 is 11.3 Å². The zero-order chi connectivity index (χ0) is 14.9. The molecular formula is C14H18N2O3S. The molecule has 0 bridgehead atoms. The first-order valence-electron chi connectivity index (χ1n) is 6.44. The summed E-state index contributed by atoms with van der Waals surface area (Å²) in [5, 5.41) is 2.85. The Hall–Kier alpha value is -1.82. The van der Waals surface area contributed by atoms with E-state index in [1.54, 1.807) is 32.2 Å². The lowest BCUT2D eigenvalue weighted by Crippen LogP contribution is -2.46. The summed E-state index contributed by atoms with van der Waals surface area (Å²) < 4.78 is 5.12. The molecule has 2 heterocycles. The maximum Gasteiger partial charge on any atom is 0.338 e. The topological polar surface area (TPSA) is 58.6 Å². The fourth-order valence-corrected chi connectivity index (χ4v) is 3.07. The predicted octanol–water partition coefficient (Wildman–Crippen LogP) is 2.59. The van der Waals surface area contributed by atoms with E-state index in [1.807, 2.05) is 19.1 Å². The largest absolute Gasteiger partial charge is 0.463 e. The lowest BCUT2D eigenvalue weighted by molar-refractivity contribution is -0.139. The second-order valence-electron chi connectivity index (χ2n) is 4.61. The standard InChI is InChI=1S/C14H18N2O3S/c1-5-19-13(17)11-9(3)16(4)14(18)15-12(11)10-7-6-8(2)20-10/h6-7,12H,5H2,1-4H3,(H,15,18)/t12-/m1/s1. The Labute approximate surface area is 122 Å². The van der Waals surface area contributed by atoms with Gasteiger partial charge in [0.1, 0.15) is 0 Å². The molecular weight excluding hydrogens is 276 g/mol. The summed E-state index contributed by atoms with van der Waals surface area (Å²) in [5.74, 6) is -0.382. The molecule has 1 aromatic rings. The average Bonchev–Trinajstić information content (AvgIpc) is 2.82. The van der Waals surface area contributed by atoms with Gasteiger partial charge in [-0.2, -0.15) is 0 Å². The Morgan fingerprint density at radius 2 is 2.15 bits per heavy atom. The van der Waals surface area contributed by atoms with Crippen molar-refractivity contribution >= 4 is 23.3 Å². The highest BCUT2D eigenvalue weighted by Gasteiger charge is 2.35. The fourth-order valence-electron chi connectivity index (χ4n) is 2.13. The van der Waals surface area contributed by atoms with E-state index < -0.39 is 6.04 Å². The van der Waals surface area contributed by atoms with Gasteiger partial charge < -0.3 is 15.0 Å². The van der Waals surface area contributed by atoms with Crippen molar-refractivity contribution in [1.29, 1.82) is 0 Å². The Kier molecular flexibility index (Phi) is 4.13. The van der Waals surface area contributed by atoms with E-state index in [2.05, 4.69) is 5.32 Å². The van der Waals surface area contributed by atoms with Gasteiger partial charge in [0.2, 0.25) is 0 Å². The quantitative estimate of drug-likeness (QED) is 0.872. The lowest BCUT2D eigenvalue weighted by Gasteiger charge is -2.32. The minimum Gasteiger partial charge on any atom is -0.463 e. The number of esters is 1. The maximum absolute atomic E-state index is 12.2. The molecule has 0 spiro atoms. The summed E-state index contributed by atoms with van der Waals surface area (Å²) in [7, 11) is 1.64. The number of allylic oxidation sites excluding steroid dienone is 1. The number of nitrogens with one attached hydrogen (secondary N) is 1. The van der Waals surface area contributed by atoms with Gasteiger partial charge in [0.15, 0.2) is 0 Å². The highest BCUT2D eigenvalue weighted by Crippen LogP contribution is 2.34. The molecule has 0 aromatic carbocycles. The zero-order valence-electron chi connectivity index (χ0n) is 12.0. The monoisotopic (exact) mass is 294 g/mol. The van der Waals surface area contributed by atoms with E-state index in [0.29, 0.717) is 17.9 Å². The van der Waals surface area contributed by atoms with Gasteiger partial charge in [-0.15, -0.1) is 11.3 Å². The van der Waals surface area contributed by atoms with E-state index in [1.165, 1.54) is 4.90 Å². The summed E-state index contributed by atoms with van der Waals surface area (Å²) in [4.78, 5) is 27.7. The summed E-state index contributed by atoms with van der Waals surface area (Å²) >= 11 is 1.56. The normalized spacial score (nSPS) is 19.1. The molecule has 1 atom stereocenters. The molecule has 1 N–H and O–H groups in total. The Morgan fingerprint density at radius 3 is 2.70 bits per heavy atom. The maximum atomic E-state index is 12.2. The number of thiophene rings is 1. The van der Waals surface area contributed by atoms with Crippen LogP contribution in [0.1, 0.15) is 29.6 Å². The van der Waals surface area contributed by atoms with Crippen LogP contribution in [-0.4, -0.2) is 30.6 Å². The molecule has 1 aliphatic rings. The van der Waals surface area contributed by atoms with Gasteiger partial charge in [0.25, 0.3) is 0 Å². The molecule has 2 amide bonds. The molecule has 108 valence electrons. The van der Waals surface area contributed by atoms with Crippen LogP contribution in [0.25, 0.3) is 0 Å². The molecule has 2 rings (SSSR count). The first kappa shape index (κ1) is 14.6. The first-order valence-corrected chi connectivity index (χ1v) is 7.25. The molecule has 0 radical (unpaired) electrons. The number of hydrogen-bond acceptors (Lipinski definition) is 4. The van der Waals surface area contributed by atoms with Crippen molar-refractivity contribution in [2.24, 2.45) is 0 Å². The highest BCUT2D eigenvalue weighted by atomic mass is 32.1. The average molecular weight is 294 g/mol. The summed E-state index contributed by atoms with van der Waals surface area (Å²) in [5.41, 5.74) is 1.12. The number of hydrogen-bond donors (Lipinski definition) is 1. The third kappa shape index (κ3) is 2.56. The number of carbonyl (C=O) groups excluding carboxylic acids is 2. The number of nitrogens with zero attached hydrogens (tertiary/aromatic N) is 1. The van der Waals surface area contributed by atoms with Gasteiger partial charge in [0, 0.05) is 22.5 Å². The van der Waals surface area contributed by atoms with Crippen molar-refractivity contribution < 1.29 is 14.3 Å². The molecule has 6 heteroatoms. The molecule has 20 heavy (non-hydrogen) atoms. The smallest absolute Gasteiger partial charge is 0.338 e. The molecule has 5 nitrogen and oxygen atoms in total. The zero-order valence-corrected chi connectivity index (χ0v) is 12.8. The van der Waals surface area contributed by atoms with Crippen LogP contribution in [0, 0.1) is 6.92 Å². The summed E-state index contributed by atoms with van der Waals surface area (Å²) in [6.07, 6.45) is 0. The van der Waals surface area contributed by atoms with E-state index in [0.717, 1.165) is 9.75 Å². The molecule has 0 fully saturated rings. The number of amides is 2. The molecule has 0 unspecified atom stereocenters. The molecule has 0 aliphatic carbocycles. The summed E-state index contributed by atoms with van der Waals surface area (Å²) in [6.45, 7) is 5.83. The number of aryl methyl sites for hydroxylation is 1. The van der Waals surface area contributed by atoms with Crippen molar-refractivity contribution in [3.05, 3.63) is 33.2 Å². The highest BCUT2D eigenvalue weighted by molar-refractivity contribution is 7.12. The number of ether oxygens (including phenoxy) is 1. The van der Waals surface area contributed by atoms with Gasteiger partial charge in [-0.1, -0.05) is 0 Å². The second-order valence-corrected chi connectivity index (χ2v) is 5.93. The van der Waals surface area contributed by atoms with Gasteiger partial charge >= 0.3 is 12.0 Å². The van der Waals surface area contributed by atoms with Crippen molar-refractivity contribution in [1.82, 2.24) is 10.2 Å². The van der Waals surface area contributed by atoms with Crippen LogP contribution in [0.4, 0.5) is 4.79 Å². The fraction of sp³-hybridized carbons (Fsp3) is 0.429. The summed E-state index contributed by atoms with van der Waals surface area (Å²) in [6, 6.07) is 3.26. The van der Waals surface area contributed by atoms with Crippen molar-refractivity contribution in [2.45, 2.75) is 26.8 Å². The van der Waals surface area contributed by atoms with Crippen LogP contribution in [0.3, 0.4) is 0 Å².